The van der Waals surface area contributed by atoms with Crippen LogP contribution in [-0.4, -0.2) is 37.5 Å². The van der Waals surface area contributed by atoms with Crippen molar-refractivity contribution in [2.24, 2.45) is 0 Å². The van der Waals surface area contributed by atoms with Gasteiger partial charge in [-0.15, -0.1) is 0 Å². The number of hydrogen-bond donors (Lipinski definition) is 0. The lowest BCUT2D eigenvalue weighted by atomic mass is 10.0. The molecule has 0 aliphatic carbocycles. The van der Waals surface area contributed by atoms with E-state index in [0.717, 1.165) is 51.7 Å². The van der Waals surface area contributed by atoms with E-state index in [4.69, 9.17) is 14.2 Å². The van der Waals surface area contributed by atoms with Crippen molar-refractivity contribution in [3.63, 3.8) is 0 Å². The lowest BCUT2D eigenvalue weighted by Crippen LogP contribution is -2.22. The van der Waals surface area contributed by atoms with Crippen LogP contribution in [0.1, 0.15) is 64.7 Å². The van der Waals surface area contributed by atoms with Crippen molar-refractivity contribution in [2.45, 2.75) is 83.0 Å². The normalized spacial score (nSPS) is 27.6. The lowest BCUT2D eigenvalue weighted by molar-refractivity contribution is -0.150. The highest BCUT2D eigenvalue weighted by Crippen LogP contribution is 2.23. The third kappa shape index (κ3) is 5.41. The van der Waals surface area contributed by atoms with Gasteiger partial charge in [-0.2, -0.15) is 0 Å². The van der Waals surface area contributed by atoms with Crippen LogP contribution in [0.15, 0.2) is 0 Å². The topological polar surface area (TPSA) is 44.8 Å². The van der Waals surface area contributed by atoms with Gasteiger partial charge >= 0.3 is 5.97 Å². The molecular weight excluding hydrogens is 256 g/mol. The van der Waals surface area contributed by atoms with E-state index in [1.165, 1.54) is 12.8 Å². The molecule has 0 saturated carbocycles. The van der Waals surface area contributed by atoms with Gasteiger partial charge < -0.3 is 14.2 Å². The van der Waals surface area contributed by atoms with E-state index < -0.39 is 0 Å². The van der Waals surface area contributed by atoms with Gasteiger partial charge in [-0.1, -0.05) is 6.92 Å². The van der Waals surface area contributed by atoms with Crippen molar-refractivity contribution >= 4 is 5.97 Å². The van der Waals surface area contributed by atoms with Crippen molar-refractivity contribution in [1.82, 2.24) is 0 Å². The number of ether oxygens (including phenoxy) is 3. The fraction of sp³-hybridized carbons (Fsp3) is 0.938. The second kappa shape index (κ2) is 8.63. The third-order valence-electron chi connectivity index (χ3n) is 4.26. The third-order valence-corrected chi connectivity index (χ3v) is 4.26. The van der Waals surface area contributed by atoms with Crippen molar-refractivity contribution in [3.05, 3.63) is 0 Å². The molecule has 20 heavy (non-hydrogen) atoms. The number of carbonyl (C=O) groups excluding carboxylic acids is 1. The standard InChI is InChI=1S/C16H28O4/c1-2-16(17)20-15(9-7-13-5-3-11-18-13)10-8-14-6-4-12-19-14/h13-15H,2-12H2,1H3. The van der Waals surface area contributed by atoms with Gasteiger partial charge in [0.25, 0.3) is 0 Å². The summed E-state index contributed by atoms with van der Waals surface area (Å²) in [5.41, 5.74) is 0. The molecule has 0 aromatic heterocycles. The Balaban J connectivity index is 1.71. The predicted octanol–water partition coefficient (Wildman–Crippen LogP) is 3.23. The second-order valence-corrected chi connectivity index (χ2v) is 5.89. The highest BCUT2D eigenvalue weighted by atomic mass is 16.5. The fourth-order valence-corrected chi connectivity index (χ4v) is 3.02. The van der Waals surface area contributed by atoms with Crippen molar-refractivity contribution in [1.29, 1.82) is 0 Å². The molecule has 0 amide bonds. The van der Waals surface area contributed by atoms with E-state index in [-0.39, 0.29) is 12.1 Å². The highest BCUT2D eigenvalue weighted by molar-refractivity contribution is 5.69. The molecule has 0 radical (unpaired) electrons. The Labute approximate surface area is 122 Å². The van der Waals surface area contributed by atoms with Gasteiger partial charge in [0.15, 0.2) is 0 Å². The van der Waals surface area contributed by atoms with Crippen LogP contribution >= 0.6 is 0 Å². The van der Waals surface area contributed by atoms with E-state index in [0.29, 0.717) is 18.6 Å². The Morgan fingerprint density at radius 2 is 1.65 bits per heavy atom. The van der Waals surface area contributed by atoms with Gasteiger partial charge in [0.05, 0.1) is 12.2 Å². The molecule has 0 aromatic rings. The summed E-state index contributed by atoms with van der Waals surface area (Å²) >= 11 is 0. The van der Waals surface area contributed by atoms with Gasteiger partial charge in [0.2, 0.25) is 0 Å². The Bertz CT molecular complexity index is 260. The summed E-state index contributed by atoms with van der Waals surface area (Å²) in [5.74, 6) is -0.0883. The van der Waals surface area contributed by atoms with Crippen LogP contribution in [0.25, 0.3) is 0 Å². The maximum Gasteiger partial charge on any atom is 0.305 e. The summed E-state index contributed by atoms with van der Waals surface area (Å²) in [6.07, 6.45) is 9.74. The Kier molecular flexibility index (Phi) is 6.80. The minimum atomic E-state index is -0.0883. The minimum absolute atomic E-state index is 0.0378. The van der Waals surface area contributed by atoms with Crippen LogP contribution in [0.3, 0.4) is 0 Å². The Morgan fingerprint density at radius 3 is 2.05 bits per heavy atom. The van der Waals surface area contributed by atoms with Crippen LogP contribution in [0, 0.1) is 0 Å². The molecule has 2 unspecified atom stereocenters. The number of hydrogen-bond acceptors (Lipinski definition) is 4. The zero-order chi connectivity index (χ0) is 14.2. The van der Waals surface area contributed by atoms with Gasteiger partial charge in [-0.25, -0.2) is 0 Å². The largest absolute Gasteiger partial charge is 0.462 e. The number of carbonyl (C=O) groups is 1. The molecule has 2 aliphatic heterocycles. The quantitative estimate of drug-likeness (QED) is 0.642. The van der Waals surface area contributed by atoms with Crippen LogP contribution in [0.5, 0.6) is 0 Å². The molecule has 2 rings (SSSR count). The summed E-state index contributed by atoms with van der Waals surface area (Å²) in [5, 5.41) is 0. The SMILES string of the molecule is CCC(=O)OC(CCC1CCCO1)CCC1CCCO1. The summed E-state index contributed by atoms with van der Waals surface area (Å²) in [4.78, 5) is 11.5. The van der Waals surface area contributed by atoms with E-state index >= 15 is 0 Å². The molecule has 0 N–H and O–H groups in total. The average molecular weight is 284 g/mol. The monoisotopic (exact) mass is 284 g/mol. The first-order chi connectivity index (χ1) is 9.78. The van der Waals surface area contributed by atoms with E-state index in [9.17, 15) is 4.79 Å². The van der Waals surface area contributed by atoms with Crippen LogP contribution in [0.4, 0.5) is 0 Å². The van der Waals surface area contributed by atoms with Gasteiger partial charge in [-0.3, -0.25) is 4.79 Å². The molecule has 2 heterocycles. The molecule has 116 valence electrons. The van der Waals surface area contributed by atoms with Crippen LogP contribution in [0.2, 0.25) is 0 Å². The molecule has 2 fully saturated rings. The summed E-state index contributed by atoms with van der Waals surface area (Å²) in [6, 6.07) is 0. The molecule has 2 aliphatic rings. The van der Waals surface area contributed by atoms with Crippen molar-refractivity contribution in [2.75, 3.05) is 13.2 Å². The van der Waals surface area contributed by atoms with Crippen molar-refractivity contribution < 1.29 is 19.0 Å². The number of rotatable bonds is 8. The molecule has 2 atom stereocenters. The molecular formula is C16H28O4. The van der Waals surface area contributed by atoms with Crippen LogP contribution in [-0.2, 0) is 19.0 Å². The van der Waals surface area contributed by atoms with Crippen LogP contribution < -0.4 is 0 Å². The van der Waals surface area contributed by atoms with E-state index in [1.807, 2.05) is 6.92 Å². The van der Waals surface area contributed by atoms with Gasteiger partial charge in [0, 0.05) is 19.6 Å². The number of esters is 1. The lowest BCUT2D eigenvalue weighted by Gasteiger charge is -2.20. The minimum Gasteiger partial charge on any atom is -0.462 e. The first-order valence-corrected chi connectivity index (χ1v) is 8.20. The summed E-state index contributed by atoms with van der Waals surface area (Å²) in [6.45, 7) is 3.62. The highest BCUT2D eigenvalue weighted by Gasteiger charge is 2.22. The molecule has 0 aromatic carbocycles. The smallest absolute Gasteiger partial charge is 0.305 e. The molecule has 2 saturated heterocycles. The molecule has 0 spiro atoms. The van der Waals surface area contributed by atoms with Gasteiger partial charge in [-0.05, 0) is 51.4 Å². The predicted molar refractivity (Wildman–Crippen MR) is 76.6 cm³/mol. The Morgan fingerprint density at radius 1 is 1.10 bits per heavy atom. The maximum absolute atomic E-state index is 11.5. The first-order valence-electron chi connectivity index (χ1n) is 8.20. The van der Waals surface area contributed by atoms with Gasteiger partial charge in [0.1, 0.15) is 6.10 Å². The summed E-state index contributed by atoms with van der Waals surface area (Å²) in [7, 11) is 0. The average Bonchev–Trinajstić information content (AvgIpc) is 3.14. The Hall–Kier alpha value is -0.610. The van der Waals surface area contributed by atoms with Crippen molar-refractivity contribution in [3.8, 4) is 0 Å². The zero-order valence-corrected chi connectivity index (χ0v) is 12.6. The fourth-order valence-electron chi connectivity index (χ4n) is 3.02. The summed E-state index contributed by atoms with van der Waals surface area (Å²) < 4.78 is 16.9. The van der Waals surface area contributed by atoms with E-state index in [1.54, 1.807) is 0 Å². The first kappa shape index (κ1) is 15.8. The molecule has 4 nitrogen and oxygen atoms in total. The van der Waals surface area contributed by atoms with E-state index in [2.05, 4.69) is 0 Å². The maximum atomic E-state index is 11.5. The molecule has 0 bridgehead atoms. The zero-order valence-electron chi connectivity index (χ0n) is 12.6. The molecule has 4 heteroatoms. The second-order valence-electron chi connectivity index (χ2n) is 5.89.